The van der Waals surface area contributed by atoms with Gasteiger partial charge in [0.25, 0.3) is 0 Å². The molecule has 0 unspecified atom stereocenters. The van der Waals surface area contributed by atoms with Crippen LogP contribution >= 0.6 is 0 Å². The van der Waals surface area contributed by atoms with Gasteiger partial charge in [-0.15, -0.1) is 0 Å². The molecule has 0 radical (unpaired) electrons. The van der Waals surface area contributed by atoms with Gasteiger partial charge in [0.15, 0.2) is 0 Å². The molecule has 2 rings (SSSR count). The van der Waals surface area contributed by atoms with E-state index >= 15 is 0 Å². The van der Waals surface area contributed by atoms with E-state index in [9.17, 15) is 4.79 Å². The van der Waals surface area contributed by atoms with E-state index in [1.807, 2.05) is 30.3 Å². The number of hydrogen-bond donors (Lipinski definition) is 0. The summed E-state index contributed by atoms with van der Waals surface area (Å²) in [6, 6.07) is 12.1. The second kappa shape index (κ2) is 7.06. The van der Waals surface area contributed by atoms with Crippen molar-refractivity contribution in [3.63, 3.8) is 0 Å². The van der Waals surface area contributed by atoms with Gasteiger partial charge in [-0.1, -0.05) is 30.3 Å². The van der Waals surface area contributed by atoms with Crippen LogP contribution in [0.25, 0.3) is 0 Å². The van der Waals surface area contributed by atoms with Crippen LogP contribution in [0.15, 0.2) is 30.3 Å². The lowest BCUT2D eigenvalue weighted by molar-refractivity contribution is -0.146. The van der Waals surface area contributed by atoms with E-state index in [1.165, 1.54) is 0 Å². The SMILES string of the molecule is CCOC(=O)C[C@@H]1O[C@H](c2ccccc2)C[C@H]1CC#N. The number of ether oxygens (including phenoxy) is 2. The number of nitrogens with zero attached hydrogens (tertiary/aromatic N) is 1. The molecular weight excluding hydrogens is 254 g/mol. The molecule has 0 N–H and O–H groups in total. The Bertz CT molecular complexity index is 480. The highest BCUT2D eigenvalue weighted by Crippen LogP contribution is 2.39. The largest absolute Gasteiger partial charge is 0.466 e. The van der Waals surface area contributed by atoms with Crippen molar-refractivity contribution in [2.45, 2.75) is 38.4 Å². The summed E-state index contributed by atoms with van der Waals surface area (Å²) >= 11 is 0. The van der Waals surface area contributed by atoms with Gasteiger partial charge in [0.05, 0.1) is 31.3 Å². The van der Waals surface area contributed by atoms with Crippen LogP contribution in [0.3, 0.4) is 0 Å². The van der Waals surface area contributed by atoms with Crippen LogP contribution in [0.4, 0.5) is 0 Å². The monoisotopic (exact) mass is 273 g/mol. The number of carbonyl (C=O) groups excluding carboxylic acids is 1. The molecule has 0 bridgehead atoms. The Morgan fingerprint density at radius 2 is 2.20 bits per heavy atom. The number of nitriles is 1. The average Bonchev–Trinajstić information content (AvgIpc) is 2.84. The Labute approximate surface area is 119 Å². The van der Waals surface area contributed by atoms with E-state index in [2.05, 4.69) is 6.07 Å². The summed E-state index contributed by atoms with van der Waals surface area (Å²) < 4.78 is 10.9. The predicted molar refractivity (Wildman–Crippen MR) is 73.6 cm³/mol. The quantitative estimate of drug-likeness (QED) is 0.774. The summed E-state index contributed by atoms with van der Waals surface area (Å²) in [5, 5.41) is 8.92. The molecule has 20 heavy (non-hydrogen) atoms. The first-order valence-electron chi connectivity index (χ1n) is 6.97. The third kappa shape index (κ3) is 3.58. The molecule has 106 valence electrons. The number of hydrogen-bond acceptors (Lipinski definition) is 4. The molecule has 4 nitrogen and oxygen atoms in total. The summed E-state index contributed by atoms with van der Waals surface area (Å²) in [7, 11) is 0. The lowest BCUT2D eigenvalue weighted by Gasteiger charge is -2.15. The van der Waals surface area contributed by atoms with Crippen LogP contribution in [0, 0.1) is 17.2 Å². The molecule has 1 fully saturated rings. The minimum absolute atomic E-state index is 0.0334. The first-order valence-corrected chi connectivity index (χ1v) is 6.97. The van der Waals surface area contributed by atoms with Gasteiger partial charge in [0, 0.05) is 12.3 Å². The van der Waals surface area contributed by atoms with E-state index in [-0.39, 0.29) is 30.5 Å². The van der Waals surface area contributed by atoms with Crippen molar-refractivity contribution < 1.29 is 14.3 Å². The number of benzene rings is 1. The summed E-state index contributed by atoms with van der Waals surface area (Å²) in [6.45, 7) is 2.16. The molecule has 3 atom stereocenters. The maximum atomic E-state index is 11.6. The third-order valence-electron chi connectivity index (χ3n) is 3.58. The van der Waals surface area contributed by atoms with Crippen molar-refractivity contribution in [2.75, 3.05) is 6.61 Å². The second-order valence-electron chi connectivity index (χ2n) is 4.94. The summed E-state index contributed by atoms with van der Waals surface area (Å²) in [4.78, 5) is 11.6. The van der Waals surface area contributed by atoms with Gasteiger partial charge in [-0.05, 0) is 18.9 Å². The topological polar surface area (TPSA) is 59.3 Å². The molecule has 0 aromatic heterocycles. The van der Waals surface area contributed by atoms with Crippen LogP contribution in [0.1, 0.15) is 37.9 Å². The van der Waals surface area contributed by atoms with Crippen molar-refractivity contribution in [3.8, 4) is 6.07 Å². The fourth-order valence-corrected chi connectivity index (χ4v) is 2.62. The van der Waals surface area contributed by atoms with Crippen LogP contribution in [-0.2, 0) is 14.3 Å². The second-order valence-corrected chi connectivity index (χ2v) is 4.94. The number of esters is 1. The molecule has 4 heteroatoms. The van der Waals surface area contributed by atoms with E-state index < -0.39 is 0 Å². The fourth-order valence-electron chi connectivity index (χ4n) is 2.62. The van der Waals surface area contributed by atoms with Gasteiger partial charge in [-0.2, -0.15) is 5.26 Å². The van der Waals surface area contributed by atoms with Gasteiger partial charge < -0.3 is 9.47 Å². The normalized spacial score (nSPS) is 25.1. The molecule has 0 spiro atoms. The Hall–Kier alpha value is -1.86. The standard InChI is InChI=1S/C16H19NO3/c1-2-19-16(18)11-15-13(8-9-17)10-14(20-15)12-6-4-3-5-7-12/h3-7,13-15H,2,8,10-11H2,1H3/t13-,14+,15+/m1/s1. The molecule has 0 saturated carbocycles. The summed E-state index contributed by atoms with van der Waals surface area (Å²) in [6.07, 6.45) is 1.16. The Balaban J connectivity index is 2.03. The van der Waals surface area contributed by atoms with E-state index in [1.54, 1.807) is 6.92 Å². The van der Waals surface area contributed by atoms with E-state index in [4.69, 9.17) is 14.7 Å². The van der Waals surface area contributed by atoms with Crippen LogP contribution in [0.5, 0.6) is 0 Å². The molecular formula is C16H19NO3. The highest BCUT2D eigenvalue weighted by Gasteiger charge is 2.37. The Morgan fingerprint density at radius 3 is 2.85 bits per heavy atom. The zero-order chi connectivity index (χ0) is 14.4. The smallest absolute Gasteiger partial charge is 0.308 e. The minimum atomic E-state index is -0.255. The molecule has 1 aliphatic heterocycles. The van der Waals surface area contributed by atoms with Gasteiger partial charge in [-0.25, -0.2) is 0 Å². The number of rotatable bonds is 5. The molecule has 1 aromatic carbocycles. The number of carbonyl (C=O) groups is 1. The highest BCUT2D eigenvalue weighted by molar-refractivity contribution is 5.70. The van der Waals surface area contributed by atoms with Crippen LogP contribution in [-0.4, -0.2) is 18.7 Å². The van der Waals surface area contributed by atoms with Crippen LogP contribution < -0.4 is 0 Å². The first-order chi connectivity index (χ1) is 9.74. The molecule has 1 saturated heterocycles. The first kappa shape index (κ1) is 14.5. The lowest BCUT2D eigenvalue weighted by atomic mass is 9.92. The molecule has 1 heterocycles. The molecule has 1 aromatic rings. The van der Waals surface area contributed by atoms with E-state index in [0.29, 0.717) is 13.0 Å². The summed E-state index contributed by atoms with van der Waals surface area (Å²) in [5.41, 5.74) is 1.10. The van der Waals surface area contributed by atoms with E-state index in [0.717, 1.165) is 12.0 Å². The third-order valence-corrected chi connectivity index (χ3v) is 3.58. The molecule has 0 amide bonds. The van der Waals surface area contributed by atoms with Gasteiger partial charge in [0.2, 0.25) is 0 Å². The Morgan fingerprint density at radius 1 is 1.45 bits per heavy atom. The van der Waals surface area contributed by atoms with Gasteiger partial charge in [-0.3, -0.25) is 4.79 Å². The fraction of sp³-hybridized carbons (Fsp3) is 0.500. The maximum absolute atomic E-state index is 11.6. The van der Waals surface area contributed by atoms with Gasteiger partial charge >= 0.3 is 5.97 Å². The maximum Gasteiger partial charge on any atom is 0.308 e. The zero-order valence-corrected chi connectivity index (χ0v) is 11.6. The lowest BCUT2D eigenvalue weighted by Crippen LogP contribution is -2.21. The molecule has 0 aliphatic carbocycles. The summed E-state index contributed by atoms with van der Waals surface area (Å²) in [5.74, 6) is -0.163. The van der Waals surface area contributed by atoms with Gasteiger partial charge in [0.1, 0.15) is 0 Å². The van der Waals surface area contributed by atoms with Crippen molar-refractivity contribution in [2.24, 2.45) is 5.92 Å². The van der Waals surface area contributed by atoms with Crippen molar-refractivity contribution >= 4 is 5.97 Å². The minimum Gasteiger partial charge on any atom is -0.466 e. The molecule has 1 aliphatic rings. The van der Waals surface area contributed by atoms with Crippen LogP contribution in [0.2, 0.25) is 0 Å². The highest BCUT2D eigenvalue weighted by atomic mass is 16.5. The van der Waals surface area contributed by atoms with Crippen molar-refractivity contribution in [1.82, 2.24) is 0 Å². The predicted octanol–water partition coefficient (Wildman–Crippen LogP) is 3.00. The Kier molecular flexibility index (Phi) is 5.14. The van der Waals surface area contributed by atoms with Crippen molar-refractivity contribution in [1.29, 1.82) is 5.26 Å². The zero-order valence-electron chi connectivity index (χ0n) is 11.6. The average molecular weight is 273 g/mol. The van der Waals surface area contributed by atoms with Crippen molar-refractivity contribution in [3.05, 3.63) is 35.9 Å².